The van der Waals surface area contributed by atoms with E-state index in [1.54, 1.807) is 12.1 Å². The first-order chi connectivity index (χ1) is 16.8. The van der Waals surface area contributed by atoms with E-state index in [0.717, 1.165) is 41.5 Å². The summed E-state index contributed by atoms with van der Waals surface area (Å²) in [6, 6.07) is 12.5. The molecule has 35 heavy (non-hydrogen) atoms. The van der Waals surface area contributed by atoms with Crippen LogP contribution >= 0.6 is 0 Å². The number of nitrogens with one attached hydrogen (secondary N) is 1. The van der Waals surface area contributed by atoms with E-state index in [4.69, 9.17) is 5.73 Å². The average Bonchev–Trinajstić information content (AvgIpc) is 3.45. The summed E-state index contributed by atoms with van der Waals surface area (Å²) in [4.78, 5) is 51.2. The third-order valence-electron chi connectivity index (χ3n) is 6.50. The molecule has 0 bridgehead atoms. The Morgan fingerprint density at radius 3 is 2.49 bits per heavy atom. The summed E-state index contributed by atoms with van der Waals surface area (Å²) >= 11 is 0. The minimum Gasteiger partial charge on any atom is -0.368 e. The van der Waals surface area contributed by atoms with Crippen LogP contribution in [0.3, 0.4) is 0 Å². The fraction of sp³-hybridized carbons (Fsp3) is 0.320. The maximum Gasteiger partial charge on any atom is 0.352 e. The minimum absolute atomic E-state index is 0.0719. The van der Waals surface area contributed by atoms with Crippen molar-refractivity contribution in [2.75, 3.05) is 0 Å². The molecular formula is C25H26N6O4. The molecule has 2 heterocycles. The normalized spacial score (nSPS) is 14.1. The Balaban J connectivity index is 1.69. The molecule has 1 fully saturated rings. The Bertz CT molecular complexity index is 1570. The number of hydrogen-bond donors (Lipinski definition) is 2. The highest BCUT2D eigenvalue weighted by Crippen LogP contribution is 2.19. The first kappa shape index (κ1) is 22.6. The molecular weight excluding hydrogens is 448 g/mol. The second kappa shape index (κ2) is 8.86. The molecule has 0 saturated heterocycles. The number of aromatic nitrogens is 4. The van der Waals surface area contributed by atoms with Gasteiger partial charge in [0.15, 0.2) is 0 Å². The van der Waals surface area contributed by atoms with E-state index in [2.05, 4.69) is 10.4 Å². The maximum atomic E-state index is 13.5. The van der Waals surface area contributed by atoms with Gasteiger partial charge >= 0.3 is 5.69 Å². The monoisotopic (exact) mass is 474 g/mol. The van der Waals surface area contributed by atoms with Gasteiger partial charge in [-0.05, 0) is 43.5 Å². The Morgan fingerprint density at radius 2 is 1.80 bits per heavy atom. The van der Waals surface area contributed by atoms with Crippen molar-refractivity contribution < 1.29 is 9.59 Å². The number of hydrogen-bond acceptors (Lipinski definition) is 5. The Labute approximate surface area is 200 Å². The van der Waals surface area contributed by atoms with Crippen LogP contribution in [-0.2, 0) is 17.9 Å². The predicted molar refractivity (Wildman–Crippen MR) is 130 cm³/mol. The summed E-state index contributed by atoms with van der Waals surface area (Å²) in [6.45, 7) is 1.72. The van der Waals surface area contributed by atoms with Gasteiger partial charge in [-0.15, -0.1) is 5.10 Å². The molecule has 0 unspecified atom stereocenters. The zero-order chi connectivity index (χ0) is 24.7. The molecule has 5 rings (SSSR count). The van der Waals surface area contributed by atoms with Gasteiger partial charge in [-0.2, -0.15) is 0 Å². The number of primary amides is 1. The van der Waals surface area contributed by atoms with Crippen LogP contribution in [0.5, 0.6) is 0 Å². The van der Waals surface area contributed by atoms with Crippen molar-refractivity contribution in [2.45, 2.75) is 51.7 Å². The molecule has 0 radical (unpaired) electrons. The van der Waals surface area contributed by atoms with Crippen LogP contribution in [0.1, 0.15) is 47.2 Å². The van der Waals surface area contributed by atoms with Crippen molar-refractivity contribution in [3.63, 3.8) is 0 Å². The van der Waals surface area contributed by atoms with E-state index in [1.807, 2.05) is 31.2 Å². The fourth-order valence-corrected chi connectivity index (χ4v) is 4.66. The maximum absolute atomic E-state index is 13.5. The fourth-order valence-electron chi connectivity index (χ4n) is 4.66. The molecule has 1 aliphatic rings. The molecule has 3 N–H and O–H groups in total. The number of nitrogens with zero attached hydrogens (tertiary/aromatic N) is 4. The average molecular weight is 475 g/mol. The summed E-state index contributed by atoms with van der Waals surface area (Å²) in [5, 5.41) is 7.56. The van der Waals surface area contributed by atoms with Crippen LogP contribution in [0.25, 0.3) is 16.7 Å². The second-order valence-corrected chi connectivity index (χ2v) is 9.11. The number of benzene rings is 2. The summed E-state index contributed by atoms with van der Waals surface area (Å²) in [5.41, 5.74) is 6.86. The van der Waals surface area contributed by atoms with Crippen molar-refractivity contribution in [1.29, 1.82) is 0 Å². The Kier molecular flexibility index (Phi) is 5.72. The predicted octanol–water partition coefficient (Wildman–Crippen LogP) is 1.33. The number of carbonyl (C=O) groups excluding carboxylic acids is 2. The minimum atomic E-state index is -0.733. The number of aryl methyl sites for hydroxylation is 1. The molecule has 180 valence electrons. The van der Waals surface area contributed by atoms with Crippen molar-refractivity contribution in [3.8, 4) is 0 Å². The molecule has 4 aromatic rings. The van der Waals surface area contributed by atoms with Gasteiger partial charge < -0.3 is 11.1 Å². The van der Waals surface area contributed by atoms with Gasteiger partial charge in [0, 0.05) is 11.6 Å². The van der Waals surface area contributed by atoms with E-state index >= 15 is 0 Å². The van der Waals surface area contributed by atoms with E-state index in [-0.39, 0.29) is 40.7 Å². The van der Waals surface area contributed by atoms with Gasteiger partial charge in [-0.1, -0.05) is 42.7 Å². The molecule has 0 spiro atoms. The quantitative estimate of drug-likeness (QED) is 0.435. The van der Waals surface area contributed by atoms with E-state index in [1.165, 1.54) is 15.0 Å². The summed E-state index contributed by atoms with van der Waals surface area (Å²) in [6.07, 6.45) is 4.04. The molecule has 1 saturated carbocycles. The third kappa shape index (κ3) is 4.23. The van der Waals surface area contributed by atoms with Gasteiger partial charge in [-0.25, -0.2) is 13.9 Å². The molecule has 0 aliphatic heterocycles. The second-order valence-electron chi connectivity index (χ2n) is 9.11. The molecule has 10 nitrogen and oxygen atoms in total. The van der Waals surface area contributed by atoms with Gasteiger partial charge in [0.2, 0.25) is 11.7 Å². The highest BCUT2D eigenvalue weighted by atomic mass is 16.2. The summed E-state index contributed by atoms with van der Waals surface area (Å²) < 4.78 is 3.60. The highest BCUT2D eigenvalue weighted by molar-refractivity contribution is 5.98. The summed E-state index contributed by atoms with van der Waals surface area (Å²) in [7, 11) is 0. The van der Waals surface area contributed by atoms with E-state index < -0.39 is 18.1 Å². The highest BCUT2D eigenvalue weighted by Gasteiger charge is 2.22. The van der Waals surface area contributed by atoms with Crippen LogP contribution in [0.4, 0.5) is 0 Å². The lowest BCUT2D eigenvalue weighted by atomic mass is 10.1. The molecule has 10 heteroatoms. The summed E-state index contributed by atoms with van der Waals surface area (Å²) in [5.74, 6) is -0.917. The van der Waals surface area contributed by atoms with Gasteiger partial charge in [0.05, 0.1) is 17.4 Å². The third-order valence-corrected chi connectivity index (χ3v) is 6.50. The lowest BCUT2D eigenvalue weighted by Crippen LogP contribution is -2.33. The molecule has 2 aromatic heterocycles. The first-order valence-corrected chi connectivity index (χ1v) is 11.6. The Hall–Kier alpha value is -4.21. The lowest BCUT2D eigenvalue weighted by molar-refractivity contribution is -0.118. The van der Waals surface area contributed by atoms with E-state index in [9.17, 15) is 19.2 Å². The van der Waals surface area contributed by atoms with Crippen molar-refractivity contribution in [1.82, 2.24) is 24.1 Å². The van der Waals surface area contributed by atoms with Crippen molar-refractivity contribution in [2.24, 2.45) is 5.73 Å². The van der Waals surface area contributed by atoms with Gasteiger partial charge in [0.25, 0.3) is 11.5 Å². The van der Waals surface area contributed by atoms with Crippen molar-refractivity contribution in [3.05, 3.63) is 80.0 Å². The van der Waals surface area contributed by atoms with Gasteiger partial charge in [-0.3, -0.25) is 19.0 Å². The van der Waals surface area contributed by atoms with Gasteiger partial charge in [0.1, 0.15) is 6.54 Å². The van der Waals surface area contributed by atoms with Crippen LogP contribution in [-0.4, -0.2) is 36.6 Å². The topological polar surface area (TPSA) is 133 Å². The van der Waals surface area contributed by atoms with Crippen molar-refractivity contribution >= 4 is 28.5 Å². The zero-order valence-electron chi connectivity index (χ0n) is 19.4. The number of carbonyl (C=O) groups is 2. The van der Waals surface area contributed by atoms with Crippen LogP contribution in [0, 0.1) is 6.92 Å². The molecule has 1 aliphatic carbocycles. The largest absolute Gasteiger partial charge is 0.368 e. The van der Waals surface area contributed by atoms with Crippen LogP contribution < -0.4 is 22.3 Å². The first-order valence-electron chi connectivity index (χ1n) is 11.6. The van der Waals surface area contributed by atoms with Crippen LogP contribution in [0.15, 0.2) is 52.1 Å². The number of amides is 2. The lowest BCUT2D eigenvalue weighted by Gasteiger charge is -2.13. The smallest absolute Gasteiger partial charge is 0.352 e. The SMILES string of the molecule is Cc1ccc(Cn2c(=O)c3ccc(C(=O)NC4CCCC4)cc3n3c(=O)n(CC(N)=O)nc23)cc1. The van der Waals surface area contributed by atoms with E-state index in [0.29, 0.717) is 5.56 Å². The number of nitrogens with two attached hydrogens (primary N) is 1. The number of fused-ring (bicyclic) bond motifs is 3. The Morgan fingerprint density at radius 1 is 1.09 bits per heavy atom. The standard InChI is InChI=1S/C25H26N6O4/c1-15-6-8-16(9-7-15)13-29-23(34)19-11-10-17(22(33)27-18-4-2-3-5-18)12-20(19)31-24(29)28-30(25(31)35)14-21(26)32/h6-12,18H,2-5,13-14H2,1H3,(H2,26,32)(H,27,33). The zero-order valence-corrected chi connectivity index (χ0v) is 19.4. The number of rotatable bonds is 6. The molecule has 0 atom stereocenters. The van der Waals surface area contributed by atoms with Crippen LogP contribution in [0.2, 0.25) is 0 Å². The molecule has 2 amide bonds. The molecule has 2 aromatic carbocycles.